The number of ketones is 1. The van der Waals surface area contributed by atoms with Crippen LogP contribution in [0.5, 0.6) is 5.75 Å². The molecule has 2 bridgehead atoms. The number of carbonyl (C=O) groups excluding carboxylic acids is 1. The van der Waals surface area contributed by atoms with Crippen LogP contribution in [0.25, 0.3) is 0 Å². The summed E-state index contributed by atoms with van der Waals surface area (Å²) in [5, 5.41) is 10.7. The first-order valence-corrected chi connectivity index (χ1v) is 6.23. The lowest BCUT2D eigenvalue weighted by molar-refractivity contribution is -0.143. The van der Waals surface area contributed by atoms with Crippen molar-refractivity contribution in [1.29, 1.82) is 0 Å². The molecule has 0 saturated heterocycles. The van der Waals surface area contributed by atoms with Crippen LogP contribution < -0.4 is 9.64 Å². The van der Waals surface area contributed by atoms with E-state index >= 15 is 0 Å². The predicted molar refractivity (Wildman–Crippen MR) is 67.9 cm³/mol. The number of hydrogen-bond acceptors (Lipinski definition) is 4. The van der Waals surface area contributed by atoms with Gasteiger partial charge in [0, 0.05) is 37.2 Å². The number of fused-ring (bicyclic) bond motifs is 4. The first kappa shape index (κ1) is 11.5. The molecule has 1 heterocycles. The molecule has 1 aliphatic carbocycles. The standard InChI is InChI=1S/C14H17NO3/c1-15-9-3-6-13(16)14(17,8-9)11-7-10(18-2)4-5-12(11)15/h4-5,7,9,17H,3,6,8H2,1-2H3/t9-,14-/m1/s1. The van der Waals surface area contributed by atoms with Gasteiger partial charge in [-0.3, -0.25) is 4.79 Å². The zero-order chi connectivity index (χ0) is 12.9. The van der Waals surface area contributed by atoms with Crippen LogP contribution in [0.1, 0.15) is 24.8 Å². The molecule has 3 rings (SSSR count). The smallest absolute Gasteiger partial charge is 0.169 e. The molecule has 1 saturated carbocycles. The molecule has 2 aliphatic rings. The van der Waals surface area contributed by atoms with E-state index < -0.39 is 5.60 Å². The van der Waals surface area contributed by atoms with Crippen molar-refractivity contribution in [2.75, 3.05) is 19.1 Å². The zero-order valence-electron chi connectivity index (χ0n) is 10.6. The second-order valence-electron chi connectivity index (χ2n) is 5.17. The summed E-state index contributed by atoms with van der Waals surface area (Å²) in [4.78, 5) is 14.2. The molecular weight excluding hydrogens is 230 g/mol. The fourth-order valence-electron chi connectivity index (χ4n) is 3.13. The maximum absolute atomic E-state index is 12.1. The van der Waals surface area contributed by atoms with E-state index in [1.807, 2.05) is 19.2 Å². The number of benzene rings is 1. The van der Waals surface area contributed by atoms with E-state index in [1.54, 1.807) is 13.2 Å². The Morgan fingerprint density at radius 1 is 1.50 bits per heavy atom. The third-order valence-corrected chi connectivity index (χ3v) is 4.27. The van der Waals surface area contributed by atoms with Crippen molar-refractivity contribution in [3.8, 4) is 5.75 Å². The van der Waals surface area contributed by atoms with Crippen LogP contribution in [0.2, 0.25) is 0 Å². The highest BCUT2D eigenvalue weighted by Crippen LogP contribution is 2.47. The Bertz CT molecular complexity index is 514. The van der Waals surface area contributed by atoms with Crippen LogP contribution in [0.3, 0.4) is 0 Å². The quantitative estimate of drug-likeness (QED) is 0.816. The number of methoxy groups -OCH3 is 1. The van der Waals surface area contributed by atoms with Gasteiger partial charge >= 0.3 is 0 Å². The summed E-state index contributed by atoms with van der Waals surface area (Å²) >= 11 is 0. The third kappa shape index (κ3) is 1.38. The Balaban J connectivity index is 2.20. The van der Waals surface area contributed by atoms with Gasteiger partial charge in [0.05, 0.1) is 7.11 Å². The van der Waals surface area contributed by atoms with E-state index in [4.69, 9.17) is 4.74 Å². The lowest BCUT2D eigenvalue weighted by Crippen LogP contribution is -2.53. The number of hydrogen-bond donors (Lipinski definition) is 1. The highest BCUT2D eigenvalue weighted by Gasteiger charge is 2.49. The van der Waals surface area contributed by atoms with Crippen molar-refractivity contribution >= 4 is 11.5 Å². The van der Waals surface area contributed by atoms with Crippen molar-refractivity contribution in [1.82, 2.24) is 0 Å². The molecule has 1 aromatic rings. The number of carbonyl (C=O) groups is 1. The minimum atomic E-state index is -1.32. The maximum Gasteiger partial charge on any atom is 0.169 e. The second-order valence-corrected chi connectivity index (χ2v) is 5.17. The molecule has 0 spiro atoms. The van der Waals surface area contributed by atoms with E-state index in [2.05, 4.69) is 4.90 Å². The van der Waals surface area contributed by atoms with Crippen molar-refractivity contribution in [3.05, 3.63) is 23.8 Å². The maximum atomic E-state index is 12.1. The van der Waals surface area contributed by atoms with Gasteiger partial charge in [-0.25, -0.2) is 0 Å². The number of nitrogens with zero attached hydrogens (tertiary/aromatic N) is 1. The molecule has 1 N–H and O–H groups in total. The van der Waals surface area contributed by atoms with Gasteiger partial charge in [0.15, 0.2) is 11.4 Å². The summed E-state index contributed by atoms with van der Waals surface area (Å²) in [6.07, 6.45) is 1.76. The molecule has 0 unspecified atom stereocenters. The van der Waals surface area contributed by atoms with Crippen molar-refractivity contribution in [3.63, 3.8) is 0 Å². The number of ether oxygens (including phenoxy) is 1. The van der Waals surface area contributed by atoms with Gasteiger partial charge in [-0.15, -0.1) is 0 Å². The molecule has 0 radical (unpaired) electrons. The van der Waals surface area contributed by atoms with E-state index in [-0.39, 0.29) is 11.8 Å². The molecule has 18 heavy (non-hydrogen) atoms. The van der Waals surface area contributed by atoms with Gasteiger partial charge in [0.2, 0.25) is 0 Å². The largest absolute Gasteiger partial charge is 0.497 e. The lowest BCUT2D eigenvalue weighted by atomic mass is 9.72. The highest BCUT2D eigenvalue weighted by atomic mass is 16.5. The first-order chi connectivity index (χ1) is 8.56. The third-order valence-electron chi connectivity index (χ3n) is 4.27. The molecule has 0 aromatic heterocycles. The second kappa shape index (κ2) is 3.72. The van der Waals surface area contributed by atoms with Crippen LogP contribution in [0.4, 0.5) is 5.69 Å². The fourth-order valence-corrected chi connectivity index (χ4v) is 3.13. The van der Waals surface area contributed by atoms with E-state index in [9.17, 15) is 9.90 Å². The summed E-state index contributed by atoms with van der Waals surface area (Å²) < 4.78 is 5.19. The number of rotatable bonds is 1. The lowest BCUT2D eigenvalue weighted by Gasteiger charge is -2.47. The molecule has 4 heteroatoms. The average molecular weight is 247 g/mol. The minimum absolute atomic E-state index is 0.0682. The normalized spacial score (nSPS) is 30.1. The first-order valence-electron chi connectivity index (χ1n) is 6.23. The van der Waals surface area contributed by atoms with Crippen molar-refractivity contribution < 1.29 is 14.6 Å². The van der Waals surface area contributed by atoms with Gasteiger partial charge in [-0.05, 0) is 24.6 Å². The van der Waals surface area contributed by atoms with Gasteiger partial charge in [-0.2, -0.15) is 0 Å². The van der Waals surface area contributed by atoms with E-state index in [1.165, 1.54) is 0 Å². The SMILES string of the molecule is COc1ccc2c(c1)[C@]1(O)C[C@@H](CCC1=O)N2C. The summed E-state index contributed by atoms with van der Waals surface area (Å²) in [5.41, 5.74) is 0.298. The van der Waals surface area contributed by atoms with Gasteiger partial charge in [0.1, 0.15) is 5.75 Å². The Hall–Kier alpha value is -1.55. The van der Waals surface area contributed by atoms with Crippen molar-refractivity contribution in [2.24, 2.45) is 0 Å². The molecule has 2 atom stereocenters. The molecular formula is C14H17NO3. The van der Waals surface area contributed by atoms with Gasteiger partial charge in [0.25, 0.3) is 0 Å². The van der Waals surface area contributed by atoms with Crippen LogP contribution >= 0.6 is 0 Å². The average Bonchev–Trinajstić information content (AvgIpc) is 2.39. The summed E-state index contributed by atoms with van der Waals surface area (Å²) in [7, 11) is 3.61. The highest BCUT2D eigenvalue weighted by molar-refractivity contribution is 5.92. The predicted octanol–water partition coefficient (Wildman–Crippen LogP) is 1.45. The Morgan fingerprint density at radius 2 is 2.28 bits per heavy atom. The summed E-state index contributed by atoms with van der Waals surface area (Å²) in [6, 6.07) is 5.81. The van der Waals surface area contributed by atoms with Crippen LogP contribution in [0.15, 0.2) is 18.2 Å². The monoisotopic (exact) mass is 247 g/mol. The number of aliphatic hydroxyl groups is 1. The molecule has 1 aromatic carbocycles. The fraction of sp³-hybridized carbons (Fsp3) is 0.500. The molecule has 1 aliphatic heterocycles. The molecule has 96 valence electrons. The molecule has 1 fully saturated rings. The van der Waals surface area contributed by atoms with Crippen LogP contribution in [-0.2, 0) is 10.4 Å². The summed E-state index contributed by atoms with van der Waals surface area (Å²) in [6.45, 7) is 0. The van der Waals surface area contributed by atoms with Crippen LogP contribution in [-0.4, -0.2) is 31.1 Å². The summed E-state index contributed by atoms with van der Waals surface area (Å²) in [5.74, 6) is 0.605. The van der Waals surface area contributed by atoms with E-state index in [0.29, 0.717) is 24.2 Å². The Kier molecular flexibility index (Phi) is 2.38. The van der Waals surface area contributed by atoms with Gasteiger partial charge < -0.3 is 14.7 Å². The molecule has 4 nitrogen and oxygen atoms in total. The number of anilines is 1. The minimum Gasteiger partial charge on any atom is -0.497 e. The van der Waals surface area contributed by atoms with Gasteiger partial charge in [-0.1, -0.05) is 0 Å². The number of Topliss-reactive ketones (excluding diaryl/α,β-unsaturated/α-hetero) is 1. The zero-order valence-corrected chi connectivity index (χ0v) is 10.6. The van der Waals surface area contributed by atoms with Crippen molar-refractivity contribution in [2.45, 2.75) is 30.9 Å². The Morgan fingerprint density at radius 3 is 3.00 bits per heavy atom. The molecule has 0 amide bonds. The Labute approximate surface area is 106 Å². The topological polar surface area (TPSA) is 49.8 Å². The van der Waals surface area contributed by atoms with E-state index in [0.717, 1.165) is 12.1 Å². The van der Waals surface area contributed by atoms with Crippen LogP contribution in [0, 0.1) is 0 Å².